The molecule has 0 atom stereocenters. The molecule has 0 bridgehead atoms. The average Bonchev–Trinajstić information content (AvgIpc) is 2.90. The van der Waals surface area contributed by atoms with Gasteiger partial charge >= 0.3 is 0 Å². The zero-order valence-corrected chi connectivity index (χ0v) is 21.3. The molecule has 0 unspecified atom stereocenters. The van der Waals surface area contributed by atoms with Gasteiger partial charge in [-0.05, 0) is 45.4 Å². The molecule has 3 rings (SSSR count). The van der Waals surface area contributed by atoms with Gasteiger partial charge in [0.25, 0.3) is 0 Å². The number of methoxy groups -OCH3 is 1. The summed E-state index contributed by atoms with van der Waals surface area (Å²) in [4.78, 5) is 18.0. The van der Waals surface area contributed by atoms with Crippen molar-refractivity contribution in [3.05, 3.63) is 59.7 Å². The number of hydrogen-bond acceptors (Lipinski definition) is 9. The summed E-state index contributed by atoms with van der Waals surface area (Å²) in [6.07, 6.45) is 1.71. The van der Waals surface area contributed by atoms with E-state index in [1.165, 1.54) is 0 Å². The Morgan fingerprint density at radius 1 is 0.857 bits per heavy atom. The number of hydrogen-bond donors (Lipinski definition) is 2. The highest BCUT2D eigenvalue weighted by atomic mass is 16.5. The topological polar surface area (TPSA) is 90.8 Å². The van der Waals surface area contributed by atoms with Crippen LogP contribution in [0.5, 0.6) is 5.75 Å². The Morgan fingerprint density at radius 2 is 1.54 bits per heavy atom. The third-order valence-electron chi connectivity index (χ3n) is 5.68. The summed E-state index contributed by atoms with van der Waals surface area (Å²) in [6, 6.07) is 16.2. The molecule has 0 aliphatic carbocycles. The molecule has 0 aliphatic heterocycles. The van der Waals surface area contributed by atoms with E-state index in [1.54, 1.807) is 13.3 Å². The van der Waals surface area contributed by atoms with Gasteiger partial charge in [-0.2, -0.15) is 20.1 Å². The van der Waals surface area contributed by atoms with Gasteiger partial charge in [-0.15, -0.1) is 0 Å². The van der Waals surface area contributed by atoms with E-state index in [4.69, 9.17) is 4.74 Å². The van der Waals surface area contributed by atoms with Crippen molar-refractivity contribution >= 4 is 29.7 Å². The molecule has 9 nitrogen and oxygen atoms in total. The van der Waals surface area contributed by atoms with Gasteiger partial charge in [-0.25, -0.2) is 5.43 Å². The lowest BCUT2D eigenvalue weighted by molar-refractivity contribution is 0.414. The minimum Gasteiger partial charge on any atom is -0.496 e. The summed E-state index contributed by atoms with van der Waals surface area (Å²) in [6.45, 7) is 12.5. The van der Waals surface area contributed by atoms with Crippen LogP contribution >= 0.6 is 0 Å². The molecule has 0 aliphatic rings. The fourth-order valence-corrected chi connectivity index (χ4v) is 3.67. The molecule has 9 heteroatoms. The van der Waals surface area contributed by atoms with Crippen molar-refractivity contribution in [3.8, 4) is 5.75 Å². The van der Waals surface area contributed by atoms with E-state index in [0.29, 0.717) is 24.4 Å². The van der Waals surface area contributed by atoms with Crippen LogP contribution in [0.4, 0.5) is 23.5 Å². The smallest absolute Gasteiger partial charge is 0.250 e. The number of hydrazone groups is 1. The van der Waals surface area contributed by atoms with E-state index in [0.717, 1.165) is 48.7 Å². The van der Waals surface area contributed by atoms with Crippen LogP contribution in [0, 0.1) is 0 Å². The lowest BCUT2D eigenvalue weighted by Gasteiger charge is -2.22. The van der Waals surface area contributed by atoms with Crippen molar-refractivity contribution in [2.24, 2.45) is 5.10 Å². The number of nitrogens with zero attached hydrogens (tertiary/aromatic N) is 6. The van der Waals surface area contributed by atoms with Crippen LogP contribution in [0.1, 0.15) is 38.8 Å². The Kier molecular flexibility index (Phi) is 9.65. The second kappa shape index (κ2) is 13.1. The molecular formula is C26H36N8O. The second-order valence-electron chi connectivity index (χ2n) is 7.76. The van der Waals surface area contributed by atoms with Crippen LogP contribution < -0.4 is 25.3 Å². The molecule has 1 heterocycles. The lowest BCUT2D eigenvalue weighted by atomic mass is 10.2. The van der Waals surface area contributed by atoms with Crippen LogP contribution in [0.25, 0.3) is 0 Å². The number of benzene rings is 2. The first-order valence-corrected chi connectivity index (χ1v) is 12.1. The van der Waals surface area contributed by atoms with Crippen molar-refractivity contribution in [3.63, 3.8) is 0 Å². The van der Waals surface area contributed by atoms with E-state index in [-0.39, 0.29) is 0 Å². The molecular weight excluding hydrogens is 440 g/mol. The van der Waals surface area contributed by atoms with Crippen LogP contribution in [0.2, 0.25) is 0 Å². The quantitative estimate of drug-likeness (QED) is 0.273. The Morgan fingerprint density at radius 3 is 2.20 bits per heavy atom. The van der Waals surface area contributed by atoms with Gasteiger partial charge in [-0.3, -0.25) is 0 Å². The zero-order valence-electron chi connectivity index (χ0n) is 21.3. The van der Waals surface area contributed by atoms with Crippen molar-refractivity contribution < 1.29 is 4.74 Å². The highest BCUT2D eigenvalue weighted by Gasteiger charge is 2.11. The number of rotatable bonds is 13. The van der Waals surface area contributed by atoms with Crippen molar-refractivity contribution in [1.82, 2.24) is 15.0 Å². The van der Waals surface area contributed by atoms with Gasteiger partial charge in [0.2, 0.25) is 17.8 Å². The minimum absolute atomic E-state index is 0.368. The summed E-state index contributed by atoms with van der Waals surface area (Å²) in [5, 5.41) is 7.67. The summed E-state index contributed by atoms with van der Waals surface area (Å²) >= 11 is 0. The fourth-order valence-electron chi connectivity index (χ4n) is 3.67. The second-order valence-corrected chi connectivity index (χ2v) is 7.76. The Bertz CT molecular complexity index is 1080. The molecule has 0 amide bonds. The lowest BCUT2D eigenvalue weighted by Crippen LogP contribution is -2.25. The Hall–Kier alpha value is -3.88. The van der Waals surface area contributed by atoms with Gasteiger partial charge in [0.1, 0.15) is 5.75 Å². The number of aromatic nitrogens is 3. The maximum atomic E-state index is 5.60. The normalized spacial score (nSPS) is 10.9. The van der Waals surface area contributed by atoms with Gasteiger partial charge in [0, 0.05) is 50.0 Å². The largest absolute Gasteiger partial charge is 0.496 e. The molecule has 0 radical (unpaired) electrons. The molecule has 0 spiro atoms. The van der Waals surface area contributed by atoms with Crippen molar-refractivity contribution in [1.29, 1.82) is 0 Å². The molecule has 35 heavy (non-hydrogen) atoms. The van der Waals surface area contributed by atoms with Crippen molar-refractivity contribution in [2.75, 3.05) is 53.8 Å². The SMILES string of the molecule is CCN(CC)c1ccc(/C=N\Nc2nc(NCc3ccccc3)nc(N(CC)CC)n2)c(OC)c1. The standard InChI is InChI=1S/C26H36N8O/c1-6-33(7-2)22-16-15-21(23(17-22)35-5)19-28-32-25-29-24(27-18-20-13-11-10-12-14-20)30-26(31-25)34(8-3)9-4/h10-17,19H,6-9,18H2,1-5H3,(H2,27,29,30,31,32)/b28-19-. The fraction of sp³-hybridized carbons (Fsp3) is 0.385. The van der Waals surface area contributed by atoms with Gasteiger partial charge in [-0.1, -0.05) is 30.3 Å². The van der Waals surface area contributed by atoms with Crippen LogP contribution in [0.3, 0.4) is 0 Å². The highest BCUT2D eigenvalue weighted by molar-refractivity contribution is 5.85. The summed E-state index contributed by atoms with van der Waals surface area (Å²) in [5.74, 6) is 2.21. The number of anilines is 4. The van der Waals surface area contributed by atoms with Crippen LogP contribution in [-0.4, -0.2) is 54.5 Å². The third-order valence-corrected chi connectivity index (χ3v) is 5.68. The summed E-state index contributed by atoms with van der Waals surface area (Å²) in [7, 11) is 1.67. The molecule has 3 aromatic rings. The predicted octanol–water partition coefficient (Wildman–Crippen LogP) is 4.63. The van der Waals surface area contributed by atoms with Gasteiger partial charge in [0.15, 0.2) is 0 Å². The first-order valence-electron chi connectivity index (χ1n) is 12.1. The molecule has 0 saturated heterocycles. The molecule has 1 aromatic heterocycles. The monoisotopic (exact) mass is 476 g/mol. The minimum atomic E-state index is 0.368. The predicted molar refractivity (Wildman–Crippen MR) is 145 cm³/mol. The first kappa shape index (κ1) is 25.7. The zero-order chi connectivity index (χ0) is 25.0. The van der Waals surface area contributed by atoms with Gasteiger partial charge < -0.3 is 19.9 Å². The molecule has 2 N–H and O–H groups in total. The van der Waals surface area contributed by atoms with E-state index in [2.05, 4.69) is 86.5 Å². The van der Waals surface area contributed by atoms with Gasteiger partial charge in [0.05, 0.1) is 13.3 Å². The van der Waals surface area contributed by atoms with E-state index in [9.17, 15) is 0 Å². The van der Waals surface area contributed by atoms with Crippen LogP contribution in [0.15, 0.2) is 53.6 Å². The third kappa shape index (κ3) is 7.05. The average molecular weight is 477 g/mol. The molecule has 2 aromatic carbocycles. The summed E-state index contributed by atoms with van der Waals surface area (Å²) < 4.78 is 5.60. The summed E-state index contributed by atoms with van der Waals surface area (Å²) in [5.41, 5.74) is 6.08. The van der Waals surface area contributed by atoms with Crippen LogP contribution in [-0.2, 0) is 6.54 Å². The first-order chi connectivity index (χ1) is 17.1. The van der Waals surface area contributed by atoms with E-state index >= 15 is 0 Å². The van der Waals surface area contributed by atoms with E-state index < -0.39 is 0 Å². The molecule has 0 saturated carbocycles. The van der Waals surface area contributed by atoms with E-state index in [1.807, 2.05) is 30.3 Å². The maximum absolute atomic E-state index is 5.60. The Balaban J connectivity index is 1.79. The maximum Gasteiger partial charge on any atom is 0.250 e. The Labute approximate surface area is 208 Å². The number of ether oxygens (including phenoxy) is 1. The highest BCUT2D eigenvalue weighted by Crippen LogP contribution is 2.24. The molecule has 0 fully saturated rings. The van der Waals surface area contributed by atoms with Crippen molar-refractivity contribution in [2.45, 2.75) is 34.2 Å². The number of nitrogens with one attached hydrogen (secondary N) is 2. The molecule has 186 valence electrons.